The van der Waals surface area contributed by atoms with E-state index in [1.807, 2.05) is 6.26 Å². The fourth-order valence-corrected chi connectivity index (χ4v) is 1.87. The molecule has 84 valence electrons. The minimum absolute atomic E-state index is 0.228. The minimum Gasteiger partial charge on any atom is -0.472 e. The van der Waals surface area contributed by atoms with Crippen molar-refractivity contribution in [3.63, 3.8) is 0 Å². The molecule has 1 fully saturated rings. The molecule has 1 aliphatic carbocycles. The Morgan fingerprint density at radius 3 is 2.60 bits per heavy atom. The summed E-state index contributed by atoms with van der Waals surface area (Å²) in [6.07, 6.45) is 7.49. The zero-order valence-corrected chi connectivity index (χ0v) is 9.97. The second-order valence-corrected chi connectivity index (χ2v) is 5.91. The molecule has 1 aliphatic rings. The fraction of sp³-hybridized carbons (Fsp3) is 0.692. The number of furan rings is 1. The van der Waals surface area contributed by atoms with Crippen LogP contribution in [0.4, 0.5) is 0 Å². The molecule has 15 heavy (non-hydrogen) atoms. The lowest BCUT2D eigenvalue weighted by Gasteiger charge is -2.24. The number of nitrogens with one attached hydrogen (secondary N) is 1. The minimum atomic E-state index is 0.228. The van der Waals surface area contributed by atoms with Crippen LogP contribution in [0.2, 0.25) is 0 Å². The van der Waals surface area contributed by atoms with Crippen molar-refractivity contribution in [2.24, 2.45) is 5.41 Å². The molecule has 0 aromatic carbocycles. The number of rotatable bonds is 4. The van der Waals surface area contributed by atoms with Crippen LogP contribution in [0, 0.1) is 5.41 Å². The van der Waals surface area contributed by atoms with Crippen molar-refractivity contribution in [3.05, 3.63) is 24.2 Å². The average molecular weight is 207 g/mol. The van der Waals surface area contributed by atoms with Crippen molar-refractivity contribution in [3.8, 4) is 0 Å². The van der Waals surface area contributed by atoms with Gasteiger partial charge in [0, 0.05) is 12.1 Å². The van der Waals surface area contributed by atoms with Crippen LogP contribution >= 0.6 is 0 Å². The van der Waals surface area contributed by atoms with E-state index in [0.717, 1.165) is 13.0 Å². The number of hydrogen-bond acceptors (Lipinski definition) is 2. The molecule has 0 amide bonds. The Balaban J connectivity index is 1.86. The normalized spacial score (nSPS) is 19.1. The summed E-state index contributed by atoms with van der Waals surface area (Å²) in [5, 5.41) is 3.61. The van der Waals surface area contributed by atoms with Crippen molar-refractivity contribution < 1.29 is 4.42 Å². The molecule has 0 aliphatic heterocycles. The molecule has 2 rings (SSSR count). The van der Waals surface area contributed by atoms with Gasteiger partial charge in [0.25, 0.3) is 0 Å². The van der Waals surface area contributed by atoms with E-state index in [0.29, 0.717) is 5.41 Å². The van der Waals surface area contributed by atoms with E-state index in [4.69, 9.17) is 4.42 Å². The van der Waals surface area contributed by atoms with E-state index in [1.54, 1.807) is 6.26 Å². The lowest BCUT2D eigenvalue weighted by molar-refractivity contribution is 0.355. The molecule has 0 atom stereocenters. The van der Waals surface area contributed by atoms with Crippen LogP contribution in [0.15, 0.2) is 23.0 Å². The van der Waals surface area contributed by atoms with Crippen LogP contribution < -0.4 is 5.32 Å². The Kier molecular flexibility index (Phi) is 2.63. The predicted octanol–water partition coefficient (Wildman–Crippen LogP) is 2.99. The highest BCUT2D eigenvalue weighted by molar-refractivity contribution is 5.13. The van der Waals surface area contributed by atoms with Crippen LogP contribution in [0.5, 0.6) is 0 Å². The van der Waals surface area contributed by atoms with Gasteiger partial charge in [0.1, 0.15) is 0 Å². The molecule has 1 N–H and O–H groups in total. The van der Waals surface area contributed by atoms with E-state index in [1.165, 1.54) is 18.4 Å². The molecular weight excluding hydrogens is 186 g/mol. The average Bonchev–Trinajstić information content (AvgIpc) is 2.69. The van der Waals surface area contributed by atoms with Gasteiger partial charge in [0.15, 0.2) is 0 Å². The van der Waals surface area contributed by atoms with Crippen molar-refractivity contribution in [2.45, 2.75) is 45.6 Å². The van der Waals surface area contributed by atoms with Gasteiger partial charge in [-0.2, -0.15) is 0 Å². The van der Waals surface area contributed by atoms with Crippen molar-refractivity contribution in [2.75, 3.05) is 6.54 Å². The van der Waals surface area contributed by atoms with E-state index in [9.17, 15) is 0 Å². The summed E-state index contributed by atoms with van der Waals surface area (Å²) < 4.78 is 5.11. The van der Waals surface area contributed by atoms with Gasteiger partial charge in [0.05, 0.1) is 12.5 Å². The van der Waals surface area contributed by atoms with Crippen molar-refractivity contribution in [1.29, 1.82) is 0 Å². The maximum absolute atomic E-state index is 5.11. The van der Waals surface area contributed by atoms with Gasteiger partial charge in [-0.1, -0.05) is 0 Å². The molecule has 2 nitrogen and oxygen atoms in total. The SMILES string of the molecule is CC(C)(C)NCC1(Cc2ccoc2)CC1. The van der Waals surface area contributed by atoms with Crippen LogP contribution in [-0.2, 0) is 6.42 Å². The zero-order valence-electron chi connectivity index (χ0n) is 9.97. The third kappa shape index (κ3) is 3.10. The van der Waals surface area contributed by atoms with Gasteiger partial charge in [-0.25, -0.2) is 0 Å². The first kappa shape index (κ1) is 10.7. The Morgan fingerprint density at radius 2 is 2.13 bits per heavy atom. The summed E-state index contributed by atoms with van der Waals surface area (Å²) in [6.45, 7) is 7.80. The van der Waals surface area contributed by atoms with Gasteiger partial charge in [-0.3, -0.25) is 0 Å². The molecule has 2 heteroatoms. The highest BCUT2D eigenvalue weighted by Crippen LogP contribution is 2.48. The standard InChI is InChI=1S/C13H21NO/c1-12(2,3)14-10-13(5-6-13)8-11-4-7-15-9-11/h4,7,9,14H,5-6,8,10H2,1-3H3. The Morgan fingerprint density at radius 1 is 1.40 bits per heavy atom. The molecule has 0 unspecified atom stereocenters. The molecule has 0 spiro atoms. The molecule has 1 aromatic rings. The summed E-state index contributed by atoms with van der Waals surface area (Å²) in [5.41, 5.74) is 2.08. The van der Waals surface area contributed by atoms with Gasteiger partial charge in [0.2, 0.25) is 0 Å². The summed E-state index contributed by atoms with van der Waals surface area (Å²) >= 11 is 0. The van der Waals surface area contributed by atoms with Gasteiger partial charge >= 0.3 is 0 Å². The maximum atomic E-state index is 5.11. The molecule has 0 radical (unpaired) electrons. The van der Waals surface area contributed by atoms with Gasteiger partial charge in [-0.05, 0) is 57.1 Å². The highest BCUT2D eigenvalue weighted by Gasteiger charge is 2.42. The highest BCUT2D eigenvalue weighted by atomic mass is 16.3. The summed E-state index contributed by atoms with van der Waals surface area (Å²) in [4.78, 5) is 0. The molecule has 0 saturated heterocycles. The van der Waals surface area contributed by atoms with E-state index >= 15 is 0 Å². The summed E-state index contributed by atoms with van der Waals surface area (Å²) in [7, 11) is 0. The smallest absolute Gasteiger partial charge is 0.0934 e. The first-order valence-electron chi connectivity index (χ1n) is 5.75. The van der Waals surface area contributed by atoms with Crippen molar-refractivity contribution in [1.82, 2.24) is 5.32 Å². The fourth-order valence-electron chi connectivity index (χ4n) is 1.87. The van der Waals surface area contributed by atoms with Crippen LogP contribution in [-0.4, -0.2) is 12.1 Å². The van der Waals surface area contributed by atoms with E-state index in [-0.39, 0.29) is 5.54 Å². The zero-order chi connectivity index (χ0) is 10.9. The maximum Gasteiger partial charge on any atom is 0.0934 e. The molecule has 1 aromatic heterocycles. The first-order chi connectivity index (χ1) is 6.99. The lowest BCUT2D eigenvalue weighted by atomic mass is 9.96. The monoisotopic (exact) mass is 207 g/mol. The predicted molar refractivity (Wildman–Crippen MR) is 61.8 cm³/mol. The molecule has 1 heterocycles. The lowest BCUT2D eigenvalue weighted by Crippen LogP contribution is -2.40. The van der Waals surface area contributed by atoms with Crippen LogP contribution in [0.25, 0.3) is 0 Å². The molecule has 0 bridgehead atoms. The topological polar surface area (TPSA) is 25.2 Å². The Labute approximate surface area is 92.1 Å². The van der Waals surface area contributed by atoms with Crippen LogP contribution in [0.3, 0.4) is 0 Å². The largest absolute Gasteiger partial charge is 0.472 e. The summed E-state index contributed by atoms with van der Waals surface area (Å²) in [5.74, 6) is 0. The third-order valence-corrected chi connectivity index (χ3v) is 3.11. The van der Waals surface area contributed by atoms with E-state index in [2.05, 4.69) is 32.2 Å². The molecular formula is C13H21NO. The van der Waals surface area contributed by atoms with Gasteiger partial charge < -0.3 is 9.73 Å². The number of hydrogen-bond donors (Lipinski definition) is 1. The van der Waals surface area contributed by atoms with Crippen molar-refractivity contribution >= 4 is 0 Å². The molecule has 1 saturated carbocycles. The Bertz CT molecular complexity index is 304. The van der Waals surface area contributed by atoms with E-state index < -0.39 is 0 Å². The quantitative estimate of drug-likeness (QED) is 0.821. The summed E-state index contributed by atoms with van der Waals surface area (Å²) in [6, 6.07) is 2.08. The second kappa shape index (κ2) is 3.67. The first-order valence-corrected chi connectivity index (χ1v) is 5.75. The second-order valence-electron chi connectivity index (χ2n) is 5.91. The van der Waals surface area contributed by atoms with Gasteiger partial charge in [-0.15, -0.1) is 0 Å². The third-order valence-electron chi connectivity index (χ3n) is 3.11. The Hall–Kier alpha value is -0.760. The van der Waals surface area contributed by atoms with Crippen LogP contribution in [0.1, 0.15) is 39.2 Å².